The normalized spacial score (nSPS) is 7.20. The fourth-order valence-electron chi connectivity index (χ4n) is 0. The molecule has 0 rings (SSSR count). The molecule has 0 spiro atoms. The van der Waals surface area contributed by atoms with Crippen LogP contribution in [0.25, 0.3) is 0 Å². The summed E-state index contributed by atoms with van der Waals surface area (Å²) < 4.78 is -2.25. The third-order valence-electron chi connectivity index (χ3n) is 0. The van der Waals surface area contributed by atoms with Gasteiger partial charge in [0.1, 0.15) is 0 Å². The van der Waals surface area contributed by atoms with Crippen LogP contribution in [0.3, 0.4) is 0 Å². The third kappa shape index (κ3) is 520. The average molecular weight is 406 g/mol. The fourth-order valence-corrected chi connectivity index (χ4v) is 0. The van der Waals surface area contributed by atoms with Crippen molar-refractivity contribution in [2.45, 2.75) is 35.2 Å². The Balaban J connectivity index is -0.0000000184. The third-order valence-corrected chi connectivity index (χ3v) is 0. The van der Waals surface area contributed by atoms with Gasteiger partial charge in [-0.3, -0.25) is 0 Å². The van der Waals surface area contributed by atoms with Crippen molar-refractivity contribution in [1.82, 2.24) is 0 Å². The van der Waals surface area contributed by atoms with Crippen LogP contribution in [0.2, 0.25) is 0 Å². The minimum Gasteiger partial charge on any atom is -0.0874 e. The summed E-state index contributed by atoms with van der Waals surface area (Å²) in [7, 11) is 0. The van der Waals surface area contributed by atoms with Crippen LogP contribution in [-0.2, 0) is 0 Å². The molecule has 15 heavy (non-hydrogen) atoms. The second-order valence-electron chi connectivity index (χ2n) is 0.742. The van der Waals surface area contributed by atoms with E-state index in [0.29, 0.717) is 0 Å². The zero-order valence-corrected chi connectivity index (χ0v) is 11.9. The predicted octanol–water partition coefficient (Wildman–Crippen LogP) is 7.87. The second-order valence-corrected chi connectivity index (χ2v) is 6.68. The maximum atomic E-state index is 4.81. The summed E-state index contributed by atoms with van der Waals surface area (Å²) in [5.74, 6) is 0. The monoisotopic (exact) mass is 402 g/mol. The highest BCUT2D eigenvalue weighted by molar-refractivity contribution is 6.63. The van der Waals surface area contributed by atoms with Crippen LogP contribution >= 0.6 is 104 Å². The van der Waals surface area contributed by atoms with Crippen LogP contribution in [0, 0.1) is 0 Å². The van der Waals surface area contributed by atoms with Gasteiger partial charge in [0.05, 0.1) is 0 Å². The number of alkyl halides is 9. The van der Waals surface area contributed by atoms with Crippen LogP contribution in [0.1, 0.15) is 22.3 Å². The maximum Gasteiger partial charge on any atom is 0.180 e. The Kier molecular flexibility index (Phi) is 72.2. The van der Waals surface area contributed by atoms with Crippen molar-refractivity contribution in [1.29, 1.82) is 0 Å². The summed E-state index contributed by atoms with van der Waals surface area (Å²) in [5, 5.41) is 0. The summed E-state index contributed by atoms with van der Waals surface area (Å²) in [5.41, 5.74) is 0. The largest absolute Gasteiger partial charge is 0.180 e. The zero-order valence-electron chi connectivity index (χ0n) is 5.13. The van der Waals surface area contributed by atoms with Crippen LogP contribution in [0.4, 0.5) is 0 Å². The average Bonchev–Trinajstić information content (AvgIpc) is 1.54. The van der Waals surface area contributed by atoms with E-state index in [1.807, 2.05) is 0 Å². The Morgan fingerprint density at radius 2 is 0.333 bits per heavy atom. The Morgan fingerprint density at radius 1 is 0.333 bits per heavy atom. The molecule has 0 amide bonds. The molecule has 0 aromatic rings. The smallest absolute Gasteiger partial charge is 0.0874 e. The van der Waals surface area contributed by atoms with E-state index < -0.39 is 12.9 Å². The minimum atomic E-state index is -0.750. The molecule has 0 radical (unpaired) electrons. The van der Waals surface area contributed by atoms with E-state index in [2.05, 4.69) is 0 Å². The van der Waals surface area contributed by atoms with Gasteiger partial charge in [0.2, 0.25) is 0 Å². The zero-order chi connectivity index (χ0) is 10.7. The van der Waals surface area contributed by atoms with Crippen LogP contribution < -0.4 is 0 Å². The topological polar surface area (TPSA) is 0 Å². The molecule has 0 aliphatic rings. The Morgan fingerprint density at radius 3 is 0.333 bits per heavy atom. The summed E-state index contributed by atoms with van der Waals surface area (Å²) in [6.07, 6.45) is 0. The summed E-state index contributed by atoms with van der Waals surface area (Å²) in [6.45, 7) is 0. The lowest BCUT2D eigenvalue weighted by molar-refractivity contribution is 1.96. The number of rotatable bonds is 0. The van der Waals surface area contributed by atoms with Crippen LogP contribution in [-0.4, -0.2) is 12.9 Å². The molecular formula is C6H15Cl9. The number of hydrogen-bond acceptors (Lipinski definition) is 0. The van der Waals surface area contributed by atoms with E-state index in [4.69, 9.17) is 104 Å². The first kappa shape index (κ1) is 36.0. The molecule has 0 aliphatic carbocycles. The number of halogens is 9. The molecule has 0 heterocycles. The van der Waals surface area contributed by atoms with E-state index in [0.717, 1.165) is 0 Å². The molecule has 0 aromatic carbocycles. The van der Waals surface area contributed by atoms with Gasteiger partial charge < -0.3 is 0 Å². The van der Waals surface area contributed by atoms with Crippen molar-refractivity contribution >= 4 is 104 Å². The Bertz CT molecular complexity index is 43.1. The summed E-state index contributed by atoms with van der Waals surface area (Å²) in [6, 6.07) is 0. The van der Waals surface area contributed by atoms with E-state index in [1.54, 1.807) is 0 Å². The molecule has 0 saturated heterocycles. The van der Waals surface area contributed by atoms with E-state index in [1.165, 1.54) is 0 Å². The SMILES string of the molecule is C.C.C.ClC(Cl)Cl.ClC(Cl)Cl.ClC(Cl)Cl. The highest BCUT2D eigenvalue weighted by atomic mass is 35.6. The Labute approximate surface area is 138 Å². The summed E-state index contributed by atoms with van der Waals surface area (Å²) >= 11 is 43.3. The number of hydrogen-bond donors (Lipinski definition) is 0. The van der Waals surface area contributed by atoms with E-state index >= 15 is 0 Å². The van der Waals surface area contributed by atoms with E-state index in [9.17, 15) is 0 Å². The maximum absolute atomic E-state index is 4.81. The first-order chi connectivity index (χ1) is 5.20. The first-order valence-electron chi connectivity index (χ1n) is 1.96. The standard InChI is InChI=1S/3CHCl3.3CH4/c3*2-1(3)4;;;/h3*1H;3*1H4. The summed E-state index contributed by atoms with van der Waals surface area (Å²) in [4.78, 5) is 0. The minimum absolute atomic E-state index is 0. The van der Waals surface area contributed by atoms with Gasteiger partial charge in [-0.1, -0.05) is 127 Å². The van der Waals surface area contributed by atoms with Gasteiger partial charge in [0.25, 0.3) is 0 Å². The molecule has 0 N–H and O–H groups in total. The Hall–Kier alpha value is 2.61. The highest BCUT2D eigenvalue weighted by Gasteiger charge is 1.79. The van der Waals surface area contributed by atoms with Crippen molar-refractivity contribution in [3.63, 3.8) is 0 Å². The van der Waals surface area contributed by atoms with Crippen molar-refractivity contribution in [3.8, 4) is 0 Å². The van der Waals surface area contributed by atoms with Crippen LogP contribution in [0.5, 0.6) is 0 Å². The highest BCUT2D eigenvalue weighted by Crippen LogP contribution is 2.04. The molecule has 0 bridgehead atoms. The van der Waals surface area contributed by atoms with Crippen molar-refractivity contribution in [2.75, 3.05) is 0 Å². The lowest BCUT2D eigenvalue weighted by Gasteiger charge is -1.69. The fraction of sp³-hybridized carbons (Fsp3) is 1.00. The van der Waals surface area contributed by atoms with Gasteiger partial charge in [-0.05, 0) is 0 Å². The molecule has 102 valence electrons. The first-order valence-corrected chi connectivity index (χ1v) is 5.89. The van der Waals surface area contributed by atoms with E-state index in [-0.39, 0.29) is 22.3 Å². The predicted molar refractivity (Wildman–Crippen MR) is 84.2 cm³/mol. The van der Waals surface area contributed by atoms with Gasteiger partial charge in [-0.15, -0.1) is 0 Å². The van der Waals surface area contributed by atoms with Gasteiger partial charge >= 0.3 is 0 Å². The van der Waals surface area contributed by atoms with Gasteiger partial charge in [-0.25, -0.2) is 0 Å². The second kappa shape index (κ2) is 30.0. The van der Waals surface area contributed by atoms with Gasteiger partial charge in [-0.2, -0.15) is 0 Å². The lowest BCUT2D eigenvalue weighted by Crippen LogP contribution is -1.55. The van der Waals surface area contributed by atoms with Crippen molar-refractivity contribution in [2.24, 2.45) is 0 Å². The van der Waals surface area contributed by atoms with Gasteiger partial charge in [0.15, 0.2) is 12.9 Å². The molecule has 0 fully saturated rings. The van der Waals surface area contributed by atoms with Crippen molar-refractivity contribution in [3.05, 3.63) is 0 Å². The molecule has 0 aromatic heterocycles. The molecular weight excluding hydrogens is 391 g/mol. The van der Waals surface area contributed by atoms with Gasteiger partial charge in [0, 0.05) is 0 Å². The molecule has 0 aliphatic heterocycles. The quantitative estimate of drug-likeness (QED) is 0.359. The molecule has 0 unspecified atom stereocenters. The van der Waals surface area contributed by atoms with Crippen LogP contribution in [0.15, 0.2) is 0 Å². The van der Waals surface area contributed by atoms with Crippen molar-refractivity contribution < 1.29 is 0 Å². The molecule has 9 heteroatoms. The molecule has 0 nitrogen and oxygen atoms in total. The molecule has 0 saturated carbocycles. The lowest BCUT2D eigenvalue weighted by atomic mass is 11.9. The molecule has 0 atom stereocenters.